The SMILES string of the molecule is CC1(C)CC[C@]2(C(=O)O[C@@H]3O[C@H](CO)[C@@H](O)[C@H](O)[C@H]3O)CC[C@]3(C)C(=CC[C@@H]4[C@@]5(C)CC[C@H](O[C@@H]6O[C@H](CO)[C@@H](O[C@@H]7O[C@H](CO)[C@@H](O)[C@H](O)[C@H]7O)[C@H](O)[C@H]6O[C@@H]6O[C@H](CO)[C@@H](O)[C@H](O)[C@H]6O)C(C)(C)[C@@H]5CC[C@]43C)[C@@H]2C1. The van der Waals surface area contributed by atoms with Gasteiger partial charge in [0.15, 0.2) is 18.9 Å². The maximum atomic E-state index is 14.8. The number of aliphatic hydroxyl groups excluding tert-OH is 14. The van der Waals surface area contributed by atoms with E-state index in [1.807, 2.05) is 0 Å². The van der Waals surface area contributed by atoms with Gasteiger partial charge in [-0.25, -0.2) is 0 Å². The van der Waals surface area contributed by atoms with Crippen molar-refractivity contribution in [1.82, 2.24) is 0 Å². The summed E-state index contributed by atoms with van der Waals surface area (Å²) in [4.78, 5) is 14.8. The Hall–Kier alpha value is -1.63. The van der Waals surface area contributed by atoms with Crippen molar-refractivity contribution in [2.75, 3.05) is 26.4 Å². The molecule has 4 heterocycles. The van der Waals surface area contributed by atoms with Gasteiger partial charge in [0.1, 0.15) is 97.7 Å². The molecule has 0 aromatic carbocycles. The molecule has 28 atom stereocenters. The van der Waals surface area contributed by atoms with Crippen LogP contribution < -0.4 is 0 Å². The lowest BCUT2D eigenvalue weighted by Gasteiger charge is -2.71. The summed E-state index contributed by atoms with van der Waals surface area (Å²) in [5, 5.41) is 149. The summed E-state index contributed by atoms with van der Waals surface area (Å²) in [6.07, 6.45) is -24.6. The lowest BCUT2D eigenvalue weighted by Crippen LogP contribution is -2.68. The highest BCUT2D eigenvalue weighted by Gasteiger charge is 2.70. The van der Waals surface area contributed by atoms with Gasteiger partial charge >= 0.3 is 5.97 Å². The molecule has 9 aliphatic rings. The quantitative estimate of drug-likeness (QED) is 0.0569. The van der Waals surface area contributed by atoms with Crippen molar-refractivity contribution in [1.29, 1.82) is 0 Å². The fourth-order valence-electron chi connectivity index (χ4n) is 16.5. The van der Waals surface area contributed by atoms with E-state index in [0.717, 1.165) is 32.1 Å². The number of hydrogen-bond acceptors (Lipinski definition) is 23. The molecule has 0 aromatic heterocycles. The fraction of sp³-hybridized carbons (Fsp3) is 0.944. The molecule has 77 heavy (non-hydrogen) atoms. The second kappa shape index (κ2) is 21.8. The van der Waals surface area contributed by atoms with E-state index in [1.54, 1.807) is 0 Å². The number of allylic oxidation sites excluding steroid dienone is 2. The molecule has 4 saturated carbocycles. The van der Waals surface area contributed by atoms with Gasteiger partial charge in [-0.3, -0.25) is 4.79 Å². The van der Waals surface area contributed by atoms with Gasteiger partial charge in [0.05, 0.1) is 37.9 Å². The van der Waals surface area contributed by atoms with Crippen LogP contribution in [0.15, 0.2) is 11.6 Å². The Bertz CT molecular complexity index is 2110. The molecular weight excluding hydrogens is 1020 g/mol. The van der Waals surface area contributed by atoms with Crippen molar-refractivity contribution in [2.45, 2.75) is 242 Å². The molecule has 23 heteroatoms. The van der Waals surface area contributed by atoms with E-state index in [0.29, 0.717) is 32.1 Å². The Morgan fingerprint density at radius 1 is 0.519 bits per heavy atom. The van der Waals surface area contributed by atoms with E-state index in [4.69, 9.17) is 37.9 Å². The summed E-state index contributed by atoms with van der Waals surface area (Å²) in [7, 11) is 0. The predicted octanol–water partition coefficient (Wildman–Crippen LogP) is -2.04. The van der Waals surface area contributed by atoms with Crippen molar-refractivity contribution >= 4 is 5.97 Å². The van der Waals surface area contributed by atoms with Gasteiger partial charge in [-0.1, -0.05) is 60.1 Å². The highest BCUT2D eigenvalue weighted by atomic mass is 16.8. The maximum absolute atomic E-state index is 14.8. The molecule has 4 aliphatic heterocycles. The molecule has 0 aromatic rings. The lowest BCUT2D eigenvalue weighted by molar-refractivity contribution is -0.395. The number of rotatable bonds is 12. The summed E-state index contributed by atoms with van der Waals surface area (Å²) < 4.78 is 48.5. The minimum atomic E-state index is -1.91. The van der Waals surface area contributed by atoms with Gasteiger partial charge in [-0.2, -0.15) is 0 Å². The Balaban J connectivity index is 0.976. The maximum Gasteiger partial charge on any atom is 0.315 e. The van der Waals surface area contributed by atoms with Crippen molar-refractivity contribution in [3.05, 3.63) is 11.6 Å². The largest absolute Gasteiger partial charge is 0.432 e. The number of fused-ring (bicyclic) bond motifs is 7. The zero-order chi connectivity index (χ0) is 56.3. The molecule has 0 spiro atoms. The summed E-state index contributed by atoms with van der Waals surface area (Å²) >= 11 is 0. The van der Waals surface area contributed by atoms with Crippen molar-refractivity contribution < 1.29 is 114 Å². The van der Waals surface area contributed by atoms with Crippen LogP contribution in [0, 0.1) is 50.2 Å². The molecule has 0 radical (unpaired) electrons. The summed E-state index contributed by atoms with van der Waals surface area (Å²) in [5.74, 6) is -0.475. The van der Waals surface area contributed by atoms with Crippen LogP contribution in [0.4, 0.5) is 0 Å². The third-order valence-electron chi connectivity index (χ3n) is 21.4. The predicted molar refractivity (Wildman–Crippen MR) is 263 cm³/mol. The molecule has 5 aliphatic carbocycles. The average Bonchev–Trinajstić information content (AvgIpc) is 3.45. The number of carbonyl (C=O) groups is 1. The van der Waals surface area contributed by atoms with Gasteiger partial charge < -0.3 is 109 Å². The Kier molecular flexibility index (Phi) is 17.0. The van der Waals surface area contributed by atoms with E-state index in [-0.39, 0.29) is 39.4 Å². The summed E-state index contributed by atoms with van der Waals surface area (Å²) in [6.45, 7) is 12.8. The number of ether oxygens (including phenoxy) is 8. The van der Waals surface area contributed by atoms with E-state index in [9.17, 15) is 76.3 Å². The molecule has 9 rings (SSSR count). The van der Waals surface area contributed by atoms with Crippen LogP contribution in [0.25, 0.3) is 0 Å². The van der Waals surface area contributed by atoms with Crippen molar-refractivity contribution in [3.63, 3.8) is 0 Å². The van der Waals surface area contributed by atoms with Crippen LogP contribution in [-0.4, -0.2) is 233 Å². The van der Waals surface area contributed by atoms with E-state index >= 15 is 0 Å². The number of hydrogen-bond donors (Lipinski definition) is 14. The number of aliphatic hydroxyl groups is 14. The van der Waals surface area contributed by atoms with Crippen LogP contribution in [-0.2, 0) is 42.7 Å². The highest BCUT2D eigenvalue weighted by molar-refractivity contribution is 5.79. The molecule has 8 fully saturated rings. The van der Waals surface area contributed by atoms with Gasteiger partial charge in [-0.05, 0) is 109 Å². The first kappa shape index (κ1) is 60.0. The normalized spacial score (nSPS) is 53.4. The standard InChI is InChI=1S/C54H88O23/c1-49(2)14-16-54(48(69)77-46-40(67)37(64)34(61)27(21-57)72-46)17-15-52(6)23(24(54)18-49)8-9-30-51(5)12-11-31(50(3,4)29(51)10-13-53(30,52)7)74-47-43(76-45-39(66)36(63)33(60)26(20-56)71-45)41(68)42(28(22-58)73-47)75-44-38(65)35(62)32(59)25(19-55)70-44/h8,24-47,55-68H,9-22H2,1-7H3/t24-,25+,26+,27+,28+,29-,30+,31-,32+,33+,34+,35-,36-,37-,38+,39+,40+,41-,42+,43+,44-,45-,46-,47-,51-,52+,53+,54-/m0/s1. The zero-order valence-corrected chi connectivity index (χ0v) is 45.3. The van der Waals surface area contributed by atoms with Crippen LogP contribution in [0.5, 0.6) is 0 Å². The fourth-order valence-corrected chi connectivity index (χ4v) is 16.5. The van der Waals surface area contributed by atoms with E-state index in [1.165, 1.54) is 5.57 Å². The Morgan fingerprint density at radius 2 is 1.01 bits per heavy atom. The van der Waals surface area contributed by atoms with Crippen molar-refractivity contribution in [3.8, 4) is 0 Å². The molecular formula is C54H88O23. The zero-order valence-electron chi connectivity index (χ0n) is 45.3. The van der Waals surface area contributed by atoms with Crippen LogP contribution in [0.2, 0.25) is 0 Å². The molecule has 0 bridgehead atoms. The molecule has 14 N–H and O–H groups in total. The topological polar surface area (TPSA) is 374 Å². The second-order valence-electron chi connectivity index (χ2n) is 26.3. The Labute approximate surface area is 449 Å². The molecule has 0 amide bonds. The van der Waals surface area contributed by atoms with Gasteiger partial charge in [0.25, 0.3) is 0 Å². The third kappa shape index (κ3) is 9.80. The minimum Gasteiger partial charge on any atom is -0.432 e. The molecule has 0 unspecified atom stereocenters. The number of esters is 1. The third-order valence-corrected chi connectivity index (χ3v) is 21.4. The molecule has 23 nitrogen and oxygen atoms in total. The van der Waals surface area contributed by atoms with Crippen LogP contribution in [0.1, 0.15) is 113 Å². The van der Waals surface area contributed by atoms with E-state index < -0.39 is 172 Å². The summed E-state index contributed by atoms with van der Waals surface area (Å²) in [6, 6.07) is 0. The van der Waals surface area contributed by atoms with Crippen LogP contribution >= 0.6 is 0 Å². The van der Waals surface area contributed by atoms with Crippen molar-refractivity contribution in [2.24, 2.45) is 50.2 Å². The number of carbonyl (C=O) groups excluding carboxylic acids is 1. The van der Waals surface area contributed by atoms with Crippen LogP contribution in [0.3, 0.4) is 0 Å². The van der Waals surface area contributed by atoms with E-state index in [2.05, 4.69) is 54.5 Å². The smallest absolute Gasteiger partial charge is 0.315 e. The van der Waals surface area contributed by atoms with Gasteiger partial charge in [0.2, 0.25) is 6.29 Å². The first-order chi connectivity index (χ1) is 36.1. The molecule has 442 valence electrons. The minimum absolute atomic E-state index is 0.0596. The second-order valence-corrected chi connectivity index (χ2v) is 26.3. The van der Waals surface area contributed by atoms with Gasteiger partial charge in [-0.15, -0.1) is 0 Å². The first-order valence-corrected chi connectivity index (χ1v) is 27.8. The summed E-state index contributed by atoms with van der Waals surface area (Å²) in [5.41, 5.74) is -1.21. The lowest BCUT2D eigenvalue weighted by atomic mass is 9.33. The molecule has 4 saturated heterocycles. The monoisotopic (exact) mass is 1100 g/mol. The first-order valence-electron chi connectivity index (χ1n) is 27.8. The highest BCUT2D eigenvalue weighted by Crippen LogP contribution is 2.76. The Morgan fingerprint density at radius 3 is 1.56 bits per heavy atom. The average molecular weight is 1110 g/mol. The van der Waals surface area contributed by atoms with Gasteiger partial charge in [0, 0.05) is 0 Å².